The van der Waals surface area contributed by atoms with Gasteiger partial charge in [0.15, 0.2) is 11.5 Å². The molecule has 0 fully saturated rings. The summed E-state index contributed by atoms with van der Waals surface area (Å²) in [6, 6.07) is 0. The van der Waals surface area contributed by atoms with Gasteiger partial charge in [-0.2, -0.15) is 13.2 Å². The fraction of sp³-hybridized carbons (Fsp3) is 0.286. The van der Waals surface area contributed by atoms with E-state index in [4.69, 9.17) is 0 Å². The quantitative estimate of drug-likeness (QED) is 0.609. The summed E-state index contributed by atoms with van der Waals surface area (Å²) in [4.78, 5) is 17.4. The molecule has 1 aromatic heterocycles. The summed E-state index contributed by atoms with van der Waals surface area (Å²) in [7, 11) is 0. The fourth-order valence-corrected chi connectivity index (χ4v) is 0.974. The third-order valence-electron chi connectivity index (χ3n) is 1.35. The Kier molecular flexibility index (Phi) is 3.20. The van der Waals surface area contributed by atoms with E-state index in [0.717, 1.165) is 6.20 Å². The molecular formula is C7H4BrF3N2O. The van der Waals surface area contributed by atoms with Gasteiger partial charge in [-0.3, -0.25) is 4.79 Å². The summed E-state index contributed by atoms with van der Waals surface area (Å²) >= 11 is 2.87. The monoisotopic (exact) mass is 268 g/mol. The van der Waals surface area contributed by atoms with Crippen LogP contribution in [0.3, 0.4) is 0 Å². The van der Waals surface area contributed by atoms with E-state index in [1.54, 1.807) is 0 Å². The molecule has 1 rings (SSSR count). The molecule has 0 bridgehead atoms. The van der Waals surface area contributed by atoms with Crippen molar-refractivity contribution >= 4 is 21.7 Å². The second-order valence-corrected chi connectivity index (χ2v) is 2.90. The van der Waals surface area contributed by atoms with Crippen LogP contribution in [-0.4, -0.2) is 21.1 Å². The largest absolute Gasteiger partial charge is 0.434 e. The van der Waals surface area contributed by atoms with Gasteiger partial charge in [-0.1, -0.05) is 15.9 Å². The number of carbonyl (C=O) groups is 1. The minimum Gasteiger partial charge on any atom is -0.291 e. The van der Waals surface area contributed by atoms with Crippen LogP contribution >= 0.6 is 15.9 Å². The summed E-state index contributed by atoms with van der Waals surface area (Å²) in [5.41, 5.74) is -1.20. The lowest BCUT2D eigenvalue weighted by Crippen LogP contribution is -2.11. The van der Waals surface area contributed by atoms with Gasteiger partial charge >= 0.3 is 6.18 Å². The molecule has 0 N–H and O–H groups in total. The Morgan fingerprint density at radius 3 is 2.36 bits per heavy atom. The van der Waals surface area contributed by atoms with Crippen molar-refractivity contribution in [2.75, 3.05) is 5.33 Å². The van der Waals surface area contributed by atoms with E-state index in [9.17, 15) is 18.0 Å². The normalized spacial score (nSPS) is 11.4. The molecule has 7 heteroatoms. The number of ketones is 1. The summed E-state index contributed by atoms with van der Waals surface area (Å²) in [5, 5.41) is 0.00699. The van der Waals surface area contributed by atoms with Crippen molar-refractivity contribution in [2.45, 2.75) is 6.18 Å². The van der Waals surface area contributed by atoms with Crippen molar-refractivity contribution in [1.29, 1.82) is 0 Å². The Bertz CT molecular complexity index is 336. The van der Waals surface area contributed by atoms with Crippen molar-refractivity contribution in [1.82, 2.24) is 9.97 Å². The highest BCUT2D eigenvalue weighted by atomic mass is 79.9. The smallest absolute Gasteiger partial charge is 0.291 e. The van der Waals surface area contributed by atoms with Crippen LogP contribution in [0.4, 0.5) is 13.2 Å². The lowest BCUT2D eigenvalue weighted by molar-refractivity contribution is -0.141. The van der Waals surface area contributed by atoms with E-state index in [1.807, 2.05) is 0 Å². The molecule has 0 unspecified atom stereocenters. The maximum Gasteiger partial charge on any atom is 0.434 e. The Hall–Kier alpha value is -0.980. The van der Waals surface area contributed by atoms with Crippen LogP contribution in [0, 0.1) is 0 Å². The highest BCUT2D eigenvalue weighted by Gasteiger charge is 2.32. The molecule has 0 saturated carbocycles. The molecule has 0 saturated heterocycles. The van der Waals surface area contributed by atoms with Gasteiger partial charge in [0.2, 0.25) is 0 Å². The lowest BCUT2D eigenvalue weighted by atomic mass is 10.3. The topological polar surface area (TPSA) is 42.9 Å². The van der Waals surface area contributed by atoms with Crippen LogP contribution in [-0.2, 0) is 6.18 Å². The molecule has 0 aliphatic heterocycles. The second-order valence-electron chi connectivity index (χ2n) is 2.34. The minimum absolute atomic E-state index is 0.00699. The summed E-state index contributed by atoms with van der Waals surface area (Å²) in [6.07, 6.45) is -3.18. The SMILES string of the molecule is O=C(CBr)c1cnc(C(F)(F)F)cn1. The number of carbonyl (C=O) groups excluding carboxylic acids is 1. The first-order valence-electron chi connectivity index (χ1n) is 3.43. The van der Waals surface area contributed by atoms with Crippen molar-refractivity contribution in [3.05, 3.63) is 23.8 Å². The van der Waals surface area contributed by atoms with Crippen LogP contribution in [0.5, 0.6) is 0 Å². The third kappa shape index (κ3) is 2.50. The lowest BCUT2D eigenvalue weighted by Gasteiger charge is -2.04. The van der Waals surface area contributed by atoms with E-state index < -0.39 is 17.7 Å². The Balaban J connectivity index is 2.95. The Labute approximate surface area is 85.5 Å². The van der Waals surface area contributed by atoms with E-state index in [0.29, 0.717) is 6.20 Å². The predicted octanol–water partition coefficient (Wildman–Crippen LogP) is 2.07. The van der Waals surface area contributed by atoms with Gasteiger partial charge in [-0.15, -0.1) is 0 Å². The van der Waals surface area contributed by atoms with E-state index in [1.165, 1.54) is 0 Å². The highest BCUT2D eigenvalue weighted by molar-refractivity contribution is 9.09. The molecule has 1 aromatic rings. The molecule has 0 atom stereocenters. The summed E-state index contributed by atoms with van der Waals surface area (Å²) in [5.74, 6) is -0.411. The average molecular weight is 269 g/mol. The number of Topliss-reactive ketones (excluding diaryl/α,β-unsaturated/α-hetero) is 1. The molecule has 14 heavy (non-hydrogen) atoms. The number of halogens is 4. The number of nitrogens with zero attached hydrogens (tertiary/aromatic N) is 2. The summed E-state index contributed by atoms with van der Waals surface area (Å²) in [6.45, 7) is 0. The van der Waals surface area contributed by atoms with Gasteiger partial charge in [0.05, 0.1) is 17.7 Å². The predicted molar refractivity (Wildman–Crippen MR) is 45.2 cm³/mol. The van der Waals surface area contributed by atoms with Gasteiger partial charge < -0.3 is 0 Å². The van der Waals surface area contributed by atoms with Crippen molar-refractivity contribution in [3.63, 3.8) is 0 Å². The van der Waals surface area contributed by atoms with E-state index in [2.05, 4.69) is 25.9 Å². The van der Waals surface area contributed by atoms with Gasteiger partial charge in [0.25, 0.3) is 0 Å². The average Bonchev–Trinajstić information content (AvgIpc) is 2.15. The first kappa shape index (κ1) is 11.1. The number of alkyl halides is 4. The van der Waals surface area contributed by atoms with Crippen LogP contribution < -0.4 is 0 Å². The molecule has 0 aromatic carbocycles. The van der Waals surface area contributed by atoms with Gasteiger partial charge in [0.1, 0.15) is 5.69 Å². The molecule has 1 heterocycles. The maximum atomic E-state index is 12.0. The zero-order chi connectivity index (χ0) is 10.8. The van der Waals surface area contributed by atoms with Gasteiger partial charge in [-0.05, 0) is 0 Å². The number of hydrogen-bond donors (Lipinski definition) is 0. The van der Waals surface area contributed by atoms with Crippen LogP contribution in [0.2, 0.25) is 0 Å². The van der Waals surface area contributed by atoms with E-state index >= 15 is 0 Å². The molecule has 0 aliphatic rings. The minimum atomic E-state index is -4.52. The fourth-order valence-electron chi connectivity index (χ4n) is 0.687. The Morgan fingerprint density at radius 2 is 2.00 bits per heavy atom. The molecule has 0 spiro atoms. The van der Waals surface area contributed by atoms with Gasteiger partial charge in [-0.25, -0.2) is 9.97 Å². The first-order chi connectivity index (χ1) is 6.45. The van der Waals surface area contributed by atoms with Crippen LogP contribution in [0.1, 0.15) is 16.2 Å². The zero-order valence-corrected chi connectivity index (χ0v) is 8.26. The number of aromatic nitrogens is 2. The second kappa shape index (κ2) is 4.04. The number of rotatable bonds is 2. The highest BCUT2D eigenvalue weighted by Crippen LogP contribution is 2.26. The molecular weight excluding hydrogens is 265 g/mol. The van der Waals surface area contributed by atoms with Crippen molar-refractivity contribution in [3.8, 4) is 0 Å². The zero-order valence-electron chi connectivity index (χ0n) is 6.68. The van der Waals surface area contributed by atoms with Crippen molar-refractivity contribution < 1.29 is 18.0 Å². The van der Waals surface area contributed by atoms with Crippen LogP contribution in [0.25, 0.3) is 0 Å². The molecule has 0 amide bonds. The standard InChI is InChI=1S/C7H4BrF3N2O/c8-1-5(14)4-2-13-6(3-12-4)7(9,10)11/h2-3H,1H2. The summed E-state index contributed by atoms with van der Waals surface area (Å²) < 4.78 is 36.0. The molecule has 76 valence electrons. The third-order valence-corrected chi connectivity index (χ3v) is 1.86. The molecule has 3 nitrogen and oxygen atoms in total. The number of hydrogen-bond acceptors (Lipinski definition) is 3. The van der Waals surface area contributed by atoms with Gasteiger partial charge in [0, 0.05) is 0 Å². The Morgan fingerprint density at radius 1 is 1.36 bits per heavy atom. The van der Waals surface area contributed by atoms with Crippen LogP contribution in [0.15, 0.2) is 12.4 Å². The first-order valence-corrected chi connectivity index (χ1v) is 4.55. The molecule has 0 aliphatic carbocycles. The van der Waals surface area contributed by atoms with Crippen molar-refractivity contribution in [2.24, 2.45) is 0 Å². The van der Waals surface area contributed by atoms with E-state index in [-0.39, 0.29) is 11.0 Å². The molecule has 0 radical (unpaired) electrons. The maximum absolute atomic E-state index is 12.0.